The van der Waals surface area contributed by atoms with E-state index in [1.165, 1.54) is 38.5 Å². The van der Waals surface area contributed by atoms with Gasteiger partial charge >= 0.3 is 0 Å². The van der Waals surface area contributed by atoms with Crippen LogP contribution in [0.5, 0.6) is 0 Å². The predicted octanol–water partition coefficient (Wildman–Crippen LogP) is 3.63. The van der Waals surface area contributed by atoms with E-state index in [2.05, 4.69) is 23.8 Å². The highest BCUT2D eigenvalue weighted by Gasteiger charge is 2.27. The topological polar surface area (TPSA) is 24.7 Å². The Hall–Kier alpha value is -0.790. The number of rotatable bonds is 7. The maximum absolute atomic E-state index is 4.31. The molecule has 0 aromatic carbocycles. The number of nitrogens with zero attached hydrogens (tertiary/aromatic N) is 2. The van der Waals surface area contributed by atoms with Crippen molar-refractivity contribution in [2.24, 2.45) is 15.9 Å². The molecule has 2 heteroatoms. The van der Waals surface area contributed by atoms with Crippen LogP contribution in [-0.4, -0.2) is 12.4 Å². The lowest BCUT2D eigenvalue weighted by atomic mass is 9.93. The molecule has 0 fully saturated rings. The Morgan fingerprint density at radius 3 is 1.93 bits per heavy atom. The first kappa shape index (κ1) is 11.3. The van der Waals surface area contributed by atoms with E-state index in [0.717, 1.165) is 6.17 Å². The van der Waals surface area contributed by atoms with Crippen LogP contribution in [0.4, 0.5) is 0 Å². The van der Waals surface area contributed by atoms with Gasteiger partial charge in [0, 0.05) is 0 Å². The lowest BCUT2D eigenvalue weighted by Gasteiger charge is -2.13. The van der Waals surface area contributed by atoms with Crippen molar-refractivity contribution in [1.82, 2.24) is 0 Å². The third-order valence-corrected chi connectivity index (χ3v) is 2.66. The number of hydrogen-bond donors (Lipinski definition) is 0. The van der Waals surface area contributed by atoms with Gasteiger partial charge in [-0.2, -0.15) is 0 Å². The predicted molar refractivity (Wildman–Crippen MR) is 62.8 cm³/mol. The molecule has 1 rings (SSSR count). The van der Waals surface area contributed by atoms with Crippen molar-refractivity contribution in [2.75, 3.05) is 0 Å². The summed E-state index contributed by atoms with van der Waals surface area (Å²) in [5.41, 5.74) is 0. The number of hydrogen-bond acceptors (Lipinski definition) is 2. The first-order chi connectivity index (χ1) is 6.88. The molecule has 0 atom stereocenters. The molecule has 0 aliphatic carbocycles. The average molecular weight is 193 g/mol. The molecule has 2 nitrogen and oxygen atoms in total. The fourth-order valence-corrected chi connectivity index (χ4v) is 1.77. The summed E-state index contributed by atoms with van der Waals surface area (Å²) in [5, 5.41) is 0. The Balaban J connectivity index is 2.35. The minimum absolute atomic E-state index is 0.602. The Bertz CT molecular complexity index is 176. The summed E-state index contributed by atoms with van der Waals surface area (Å²) in [6, 6.07) is 0. The molecule has 78 valence electrons. The van der Waals surface area contributed by atoms with E-state index in [4.69, 9.17) is 0 Å². The first-order valence-electron chi connectivity index (χ1n) is 5.82. The minimum Gasteiger partial charge on any atom is -0.0965 e. The smallest absolute Gasteiger partial charge is 0.0965 e. The molecule has 0 aromatic heterocycles. The Morgan fingerprint density at radius 2 is 1.50 bits per heavy atom. The molecule has 0 amide bonds. The molecule has 0 saturated heterocycles. The zero-order chi connectivity index (χ0) is 10.2. The van der Waals surface area contributed by atoms with Crippen LogP contribution < -0.4 is 0 Å². The summed E-state index contributed by atoms with van der Waals surface area (Å²) in [7, 11) is 0. The van der Waals surface area contributed by atoms with Crippen LogP contribution in [0, 0.1) is 12.1 Å². The summed E-state index contributed by atoms with van der Waals surface area (Å²) in [4.78, 5) is 8.62. The Labute approximate surface area is 87.5 Å². The SMILES string of the molecule is CCCCC(CCCC)[C+]1N=CC=N1. The van der Waals surface area contributed by atoms with Gasteiger partial charge in [-0.3, -0.25) is 0 Å². The molecular weight excluding hydrogens is 172 g/mol. The van der Waals surface area contributed by atoms with Gasteiger partial charge < -0.3 is 0 Å². The Kier molecular flexibility index (Phi) is 5.35. The third kappa shape index (κ3) is 3.52. The van der Waals surface area contributed by atoms with Crippen molar-refractivity contribution in [3.05, 3.63) is 6.17 Å². The normalized spacial score (nSPS) is 14.6. The van der Waals surface area contributed by atoms with Crippen molar-refractivity contribution >= 4 is 12.4 Å². The second-order valence-electron chi connectivity index (χ2n) is 3.90. The maximum atomic E-state index is 4.31. The molecule has 1 aliphatic heterocycles. The lowest BCUT2D eigenvalue weighted by molar-refractivity contribution is 0.427. The molecule has 14 heavy (non-hydrogen) atoms. The van der Waals surface area contributed by atoms with Crippen molar-refractivity contribution in [2.45, 2.75) is 52.4 Å². The highest BCUT2D eigenvalue weighted by atomic mass is 15.0. The molecule has 0 radical (unpaired) electrons. The maximum Gasteiger partial charge on any atom is 0.243 e. The van der Waals surface area contributed by atoms with Gasteiger partial charge in [0.25, 0.3) is 0 Å². The van der Waals surface area contributed by atoms with Gasteiger partial charge in [0.2, 0.25) is 6.17 Å². The van der Waals surface area contributed by atoms with E-state index in [1.807, 2.05) is 0 Å². The quantitative estimate of drug-likeness (QED) is 0.552. The fourth-order valence-electron chi connectivity index (χ4n) is 1.77. The van der Waals surface area contributed by atoms with Crippen LogP contribution >= 0.6 is 0 Å². The van der Waals surface area contributed by atoms with E-state index < -0.39 is 0 Å². The fraction of sp³-hybridized carbons (Fsp3) is 0.750. The first-order valence-corrected chi connectivity index (χ1v) is 5.82. The summed E-state index contributed by atoms with van der Waals surface area (Å²) >= 11 is 0. The molecule has 0 unspecified atom stereocenters. The van der Waals surface area contributed by atoms with Crippen LogP contribution in [0.15, 0.2) is 9.98 Å². The molecule has 0 bridgehead atoms. The van der Waals surface area contributed by atoms with Crippen molar-refractivity contribution < 1.29 is 0 Å². The molecule has 0 spiro atoms. The molecule has 1 heterocycles. The minimum atomic E-state index is 0.602. The monoisotopic (exact) mass is 193 g/mol. The number of aliphatic imine (C=N–C) groups is 2. The Morgan fingerprint density at radius 1 is 1.00 bits per heavy atom. The third-order valence-electron chi connectivity index (χ3n) is 2.66. The lowest BCUT2D eigenvalue weighted by Crippen LogP contribution is -2.07. The zero-order valence-corrected chi connectivity index (χ0v) is 9.37. The van der Waals surface area contributed by atoms with Gasteiger partial charge in [-0.05, 0) is 12.8 Å². The van der Waals surface area contributed by atoms with Gasteiger partial charge in [0.1, 0.15) is 0 Å². The molecular formula is C12H21N2+. The van der Waals surface area contributed by atoms with Gasteiger partial charge in [-0.1, -0.05) is 49.5 Å². The largest absolute Gasteiger partial charge is 0.243 e. The van der Waals surface area contributed by atoms with E-state index in [9.17, 15) is 0 Å². The van der Waals surface area contributed by atoms with Crippen molar-refractivity contribution in [3.8, 4) is 0 Å². The van der Waals surface area contributed by atoms with Crippen molar-refractivity contribution in [3.63, 3.8) is 0 Å². The van der Waals surface area contributed by atoms with Gasteiger partial charge in [0.05, 0.1) is 5.92 Å². The second kappa shape index (κ2) is 6.63. The van der Waals surface area contributed by atoms with Gasteiger partial charge in [-0.25, -0.2) is 0 Å². The molecule has 0 N–H and O–H groups in total. The summed E-state index contributed by atoms with van der Waals surface area (Å²) in [5.74, 6) is 0.602. The van der Waals surface area contributed by atoms with E-state index in [0.29, 0.717) is 5.92 Å². The zero-order valence-electron chi connectivity index (χ0n) is 9.37. The van der Waals surface area contributed by atoms with Crippen LogP contribution in [0.1, 0.15) is 52.4 Å². The van der Waals surface area contributed by atoms with Crippen molar-refractivity contribution in [1.29, 1.82) is 0 Å². The molecule has 1 aliphatic rings. The van der Waals surface area contributed by atoms with Crippen LogP contribution in [0.2, 0.25) is 0 Å². The molecule has 0 aromatic rings. The van der Waals surface area contributed by atoms with Gasteiger partial charge in [-0.15, -0.1) is 0 Å². The molecule has 0 saturated carbocycles. The summed E-state index contributed by atoms with van der Waals surface area (Å²) < 4.78 is 0. The summed E-state index contributed by atoms with van der Waals surface area (Å²) in [6.07, 6.45) is 12.3. The van der Waals surface area contributed by atoms with E-state index in [-0.39, 0.29) is 0 Å². The van der Waals surface area contributed by atoms with E-state index in [1.54, 1.807) is 12.4 Å². The summed E-state index contributed by atoms with van der Waals surface area (Å²) in [6.45, 7) is 4.48. The highest BCUT2D eigenvalue weighted by molar-refractivity contribution is 6.18. The average Bonchev–Trinajstić information content (AvgIpc) is 2.71. The standard InChI is InChI=1S/C12H21N2/c1-3-5-7-11(8-6-4-2)12-13-9-10-14-12/h9-11H,3-8H2,1-2H3/q+1. The van der Waals surface area contributed by atoms with Crippen LogP contribution in [0.25, 0.3) is 0 Å². The highest BCUT2D eigenvalue weighted by Crippen LogP contribution is 2.29. The van der Waals surface area contributed by atoms with E-state index >= 15 is 0 Å². The van der Waals surface area contributed by atoms with Gasteiger partial charge in [0.15, 0.2) is 12.4 Å². The van der Waals surface area contributed by atoms with Crippen LogP contribution in [0.3, 0.4) is 0 Å². The van der Waals surface area contributed by atoms with Crippen LogP contribution in [-0.2, 0) is 0 Å². The second-order valence-corrected chi connectivity index (χ2v) is 3.90. The number of unbranched alkanes of at least 4 members (excludes halogenated alkanes) is 2.